The number of nitrogens with one attached hydrogen (secondary N) is 1. The summed E-state index contributed by atoms with van der Waals surface area (Å²) in [6.45, 7) is 7.74. The van der Waals surface area contributed by atoms with Crippen LogP contribution in [-0.2, 0) is 43.0 Å². The van der Waals surface area contributed by atoms with Gasteiger partial charge in [0.1, 0.15) is 36.9 Å². The van der Waals surface area contributed by atoms with E-state index in [1.165, 1.54) is 12.3 Å². The number of nitrogen functional groups attached to an aromatic ring is 2. The SMILES string of the molecule is CC1=CC(=N)C(=NN=c2cc(C)ccn2O)C=C1C.CN(C)c1ccc(N=Nc2ccc[n+](C)c2)c([N+](=O)[O-])c1.CS(=O)(=O)O[O-].CS(=O)(=O)O[O-].Cc1cc(N=Nc2ccc[n+](C)c2)c(N)cc1N. The Hall–Kier alpha value is -7.95. The number of allylic oxidation sites excluding steroid dienone is 4. The van der Waals surface area contributed by atoms with Gasteiger partial charge >= 0.3 is 0 Å². The molecule has 0 fully saturated rings. The molecule has 0 unspecified atom stereocenters. The summed E-state index contributed by atoms with van der Waals surface area (Å²) >= 11 is 0. The third-order valence-electron chi connectivity index (χ3n) is 8.67. The Morgan fingerprint density at radius 2 is 1.26 bits per heavy atom. The molecule has 0 radical (unpaired) electrons. The van der Waals surface area contributed by atoms with Crippen molar-refractivity contribution in [1.82, 2.24) is 4.73 Å². The van der Waals surface area contributed by atoms with Crippen LogP contribution in [-0.4, -0.2) is 69.7 Å². The van der Waals surface area contributed by atoms with E-state index in [-0.39, 0.29) is 11.4 Å². The second kappa shape index (κ2) is 27.1. The first-order valence-corrected chi connectivity index (χ1v) is 23.6. The third-order valence-corrected chi connectivity index (χ3v) is 9.17. The molecule has 3 heterocycles. The molecular formula is C43H54N14O11S2. The Bertz CT molecular complexity index is 3080. The molecule has 6 rings (SSSR count). The molecule has 0 saturated heterocycles. The molecule has 0 spiro atoms. The second-order valence-electron chi connectivity index (χ2n) is 15.1. The summed E-state index contributed by atoms with van der Waals surface area (Å²) < 4.78 is 47.8. The van der Waals surface area contributed by atoms with E-state index in [2.05, 4.69) is 39.3 Å². The Kier molecular flexibility index (Phi) is 22.6. The van der Waals surface area contributed by atoms with Gasteiger partial charge in [-0.25, -0.2) is 26.0 Å². The fraction of sp³-hybridized carbons (Fsp3) is 0.233. The minimum absolute atomic E-state index is 0.0646. The Balaban J connectivity index is 0.000000323. The van der Waals surface area contributed by atoms with Gasteiger partial charge in [0.2, 0.25) is 0 Å². The normalized spacial score (nSPS) is 13.1. The van der Waals surface area contributed by atoms with Crippen LogP contribution in [0.5, 0.6) is 0 Å². The van der Waals surface area contributed by atoms with Crippen LogP contribution >= 0.6 is 0 Å². The lowest BCUT2D eigenvalue weighted by Crippen LogP contribution is -2.25. The van der Waals surface area contributed by atoms with Gasteiger partial charge in [0.05, 0.1) is 28.8 Å². The predicted octanol–water partition coefficient (Wildman–Crippen LogP) is 3.99. The van der Waals surface area contributed by atoms with Gasteiger partial charge < -0.3 is 40.8 Å². The largest absolute Gasteiger partial charge is 0.707 e. The van der Waals surface area contributed by atoms with Gasteiger partial charge in [-0.1, -0.05) is 0 Å². The molecule has 25 nitrogen and oxygen atoms in total. The number of hydrogen-bond donors (Lipinski definition) is 4. The Morgan fingerprint density at radius 1 is 0.743 bits per heavy atom. The van der Waals surface area contributed by atoms with Gasteiger partial charge in [-0.2, -0.15) is 4.73 Å². The topological polar surface area (TPSA) is 362 Å². The minimum Gasteiger partial charge on any atom is -0.707 e. The summed E-state index contributed by atoms with van der Waals surface area (Å²) in [4.78, 5) is 12.5. The summed E-state index contributed by atoms with van der Waals surface area (Å²) in [5.41, 5.74) is 20.9. The van der Waals surface area contributed by atoms with Crippen molar-refractivity contribution in [2.75, 3.05) is 43.0 Å². The molecule has 0 bridgehead atoms. The van der Waals surface area contributed by atoms with Crippen LogP contribution in [0.25, 0.3) is 0 Å². The van der Waals surface area contributed by atoms with Crippen molar-refractivity contribution in [2.24, 2.45) is 44.8 Å². The van der Waals surface area contributed by atoms with Crippen molar-refractivity contribution >= 4 is 77.2 Å². The van der Waals surface area contributed by atoms with E-state index in [0.29, 0.717) is 52.2 Å². The van der Waals surface area contributed by atoms with Gasteiger partial charge in [0, 0.05) is 49.9 Å². The van der Waals surface area contributed by atoms with Gasteiger partial charge in [0.25, 0.3) is 25.9 Å². The van der Waals surface area contributed by atoms with Crippen LogP contribution in [0.3, 0.4) is 0 Å². The smallest absolute Gasteiger partial charge is 0.298 e. The highest BCUT2D eigenvalue weighted by Crippen LogP contribution is 2.32. The number of nitrogens with zero attached hydrogens (tertiary/aromatic N) is 11. The number of nitrogens with two attached hydrogens (primary N) is 2. The molecule has 2 aromatic carbocycles. The highest BCUT2D eigenvalue weighted by Gasteiger charge is 2.16. The average Bonchev–Trinajstić information content (AvgIpc) is 3.28. The number of nitro benzene ring substituents is 1. The minimum atomic E-state index is -3.72. The van der Waals surface area contributed by atoms with Gasteiger partial charge in [0.15, 0.2) is 36.0 Å². The lowest BCUT2D eigenvalue weighted by atomic mass is 9.98. The van der Waals surface area contributed by atoms with E-state index in [9.17, 15) is 32.2 Å². The van der Waals surface area contributed by atoms with Crippen LogP contribution in [0.1, 0.15) is 25.0 Å². The molecule has 1 aliphatic carbocycles. The van der Waals surface area contributed by atoms with Crippen LogP contribution in [0, 0.1) is 29.4 Å². The number of pyridine rings is 3. The molecule has 0 amide bonds. The standard InChI is InChI=1S/C14H16N5O2.C14H16N4O.C13H16N5.2CH4O4S/c1-17(2)12-6-7-13(14(9-12)19(20)21)16-15-11-5-4-8-18(3)10-11;1-9-4-5-18(19)14(6-9)17-16-13-8-11(3)10(2)7-12(13)15;1-9-6-13(12(15)7-11(9)14)17-16-10-4-3-5-18(2)8-10;2*1-6(3,4)5-2/h4-10H,1-3H3;4-8,15,19H,1-3H3;3-8H,14-15H2,1-2H3;2*2H,1H3/q+1;;+1;;/p-2. The van der Waals surface area contributed by atoms with Gasteiger partial charge in [-0.3, -0.25) is 15.5 Å². The predicted molar refractivity (Wildman–Crippen MR) is 257 cm³/mol. The maximum absolute atomic E-state index is 11.1. The summed E-state index contributed by atoms with van der Waals surface area (Å²) in [6, 6.07) is 19.3. The van der Waals surface area contributed by atoms with Crippen LogP contribution in [0.15, 0.2) is 152 Å². The summed E-state index contributed by atoms with van der Waals surface area (Å²) in [5.74, 6) is 0. The zero-order valence-electron chi connectivity index (χ0n) is 39.8. The van der Waals surface area contributed by atoms with E-state index < -0.39 is 25.2 Å². The molecular weight excluding hydrogens is 953 g/mol. The lowest BCUT2D eigenvalue weighted by molar-refractivity contribution is -0.671. The summed E-state index contributed by atoms with van der Waals surface area (Å²) in [7, 11) is 0.0118. The first-order chi connectivity index (χ1) is 32.6. The first-order valence-electron chi connectivity index (χ1n) is 20.0. The molecule has 5 aromatic rings. The van der Waals surface area contributed by atoms with Crippen molar-refractivity contribution in [3.8, 4) is 0 Å². The van der Waals surface area contributed by atoms with Crippen molar-refractivity contribution in [1.29, 1.82) is 5.41 Å². The molecule has 0 aliphatic heterocycles. The molecule has 374 valence electrons. The van der Waals surface area contributed by atoms with E-state index in [1.807, 2.05) is 114 Å². The van der Waals surface area contributed by atoms with Gasteiger partial charge in [-0.05, 0) is 111 Å². The number of nitro groups is 1. The zero-order valence-corrected chi connectivity index (χ0v) is 41.4. The lowest BCUT2D eigenvalue weighted by Gasteiger charge is -2.11. The molecule has 1 aliphatic rings. The van der Waals surface area contributed by atoms with Crippen molar-refractivity contribution < 1.29 is 55.3 Å². The Morgan fingerprint density at radius 3 is 1.74 bits per heavy atom. The summed E-state index contributed by atoms with van der Waals surface area (Å²) in [6.07, 6.45) is 13.9. The maximum Gasteiger partial charge on any atom is 0.298 e. The highest BCUT2D eigenvalue weighted by atomic mass is 32.2. The number of azo groups is 2. The number of hydrogen-bond acceptors (Lipinski definition) is 21. The molecule has 0 saturated carbocycles. The van der Waals surface area contributed by atoms with E-state index in [0.717, 1.165) is 38.4 Å². The van der Waals surface area contributed by atoms with E-state index >= 15 is 0 Å². The van der Waals surface area contributed by atoms with Crippen molar-refractivity contribution in [2.45, 2.75) is 27.7 Å². The molecule has 3 aromatic heterocycles. The molecule has 6 N–H and O–H groups in total. The number of aromatic nitrogens is 3. The average molecular weight is 1010 g/mol. The van der Waals surface area contributed by atoms with Crippen molar-refractivity contribution in [3.05, 3.63) is 148 Å². The zero-order chi connectivity index (χ0) is 52.9. The molecule has 70 heavy (non-hydrogen) atoms. The summed E-state index contributed by atoms with van der Waals surface area (Å²) in [5, 5.41) is 70.7. The van der Waals surface area contributed by atoms with Crippen molar-refractivity contribution in [3.63, 3.8) is 0 Å². The highest BCUT2D eigenvalue weighted by molar-refractivity contribution is 7.86. The molecule has 0 atom stereocenters. The maximum atomic E-state index is 11.1. The number of anilines is 3. The first kappa shape index (κ1) is 58.2. The number of benzene rings is 2. The fourth-order valence-electron chi connectivity index (χ4n) is 4.97. The molecule has 27 heteroatoms. The fourth-order valence-corrected chi connectivity index (χ4v) is 4.97. The third kappa shape index (κ3) is 21.3. The van der Waals surface area contributed by atoms with Gasteiger partial charge in [-0.15, -0.1) is 30.7 Å². The second-order valence-corrected chi connectivity index (χ2v) is 18.1. The van der Waals surface area contributed by atoms with E-state index in [4.69, 9.17) is 27.4 Å². The van der Waals surface area contributed by atoms with Crippen LogP contribution < -0.4 is 41.5 Å². The van der Waals surface area contributed by atoms with Crippen LogP contribution in [0.2, 0.25) is 0 Å². The number of aryl methyl sites for hydroxylation is 4. The number of rotatable bonds is 9. The Labute approximate surface area is 404 Å². The van der Waals surface area contributed by atoms with E-state index in [1.54, 1.807) is 53.6 Å². The monoisotopic (exact) mass is 1010 g/mol. The van der Waals surface area contributed by atoms with Crippen LogP contribution in [0.4, 0.5) is 45.5 Å². The quantitative estimate of drug-likeness (QED) is 0.0237.